The SMILES string of the molecule is NC(=O)N1CCC2(CC1)C(=O)N(Cc1ncc3ccccc3c1-c1cccnc1)c1cnccc12. The fourth-order valence-electron chi connectivity index (χ4n) is 5.54. The number of aromatic nitrogens is 3. The summed E-state index contributed by atoms with van der Waals surface area (Å²) in [5.41, 5.74) is 9.30. The molecule has 3 aromatic heterocycles. The molecule has 1 spiro atoms. The Hall–Kier alpha value is -4.33. The van der Waals surface area contributed by atoms with E-state index in [1.165, 1.54) is 0 Å². The number of rotatable bonds is 3. The minimum Gasteiger partial charge on any atom is -0.351 e. The molecule has 0 saturated carbocycles. The lowest BCUT2D eigenvalue weighted by Crippen LogP contribution is -2.51. The van der Waals surface area contributed by atoms with Gasteiger partial charge in [0.25, 0.3) is 0 Å². The molecule has 0 unspecified atom stereocenters. The summed E-state index contributed by atoms with van der Waals surface area (Å²) in [6.45, 7) is 1.21. The van der Waals surface area contributed by atoms with E-state index in [1.54, 1.807) is 28.4 Å². The van der Waals surface area contributed by atoms with E-state index in [1.807, 2.05) is 48.8 Å². The van der Waals surface area contributed by atoms with Crippen molar-refractivity contribution in [3.8, 4) is 11.1 Å². The number of benzene rings is 1. The standard InChI is InChI=1S/C27H24N6O2/c28-26(35)32-12-8-27(9-13-32)21-7-11-30-16-23(21)33(25(27)34)17-22-24(19-5-3-10-29-14-19)20-6-2-1-4-18(20)15-31-22/h1-7,10-11,14-16H,8-9,12-13,17H2,(H2,28,35). The molecular formula is C27H24N6O2. The number of nitrogens with two attached hydrogens (primary N) is 1. The van der Waals surface area contributed by atoms with Crippen LogP contribution in [0.3, 0.4) is 0 Å². The van der Waals surface area contributed by atoms with Crippen molar-refractivity contribution in [2.45, 2.75) is 24.8 Å². The summed E-state index contributed by atoms with van der Waals surface area (Å²) in [7, 11) is 0. The largest absolute Gasteiger partial charge is 0.351 e. The van der Waals surface area contributed by atoms with Gasteiger partial charge in [-0.1, -0.05) is 30.3 Å². The molecule has 1 fully saturated rings. The zero-order valence-corrected chi connectivity index (χ0v) is 19.1. The maximum atomic E-state index is 14.1. The highest BCUT2D eigenvalue weighted by atomic mass is 16.2. The van der Waals surface area contributed by atoms with Crippen molar-refractivity contribution < 1.29 is 9.59 Å². The van der Waals surface area contributed by atoms with Crippen LogP contribution in [-0.4, -0.2) is 44.9 Å². The normalized spacial score (nSPS) is 16.6. The Morgan fingerprint density at radius 1 is 0.971 bits per heavy atom. The third kappa shape index (κ3) is 3.32. The third-order valence-corrected chi connectivity index (χ3v) is 7.33. The second-order valence-electron chi connectivity index (χ2n) is 9.10. The number of primary amides is 1. The first-order valence-electron chi connectivity index (χ1n) is 11.7. The van der Waals surface area contributed by atoms with Crippen molar-refractivity contribution in [3.05, 3.63) is 84.7 Å². The van der Waals surface area contributed by atoms with Crippen molar-refractivity contribution >= 4 is 28.4 Å². The van der Waals surface area contributed by atoms with Crippen molar-refractivity contribution in [2.75, 3.05) is 18.0 Å². The molecule has 0 bridgehead atoms. The Kier molecular flexibility index (Phi) is 4.95. The van der Waals surface area contributed by atoms with Crippen LogP contribution < -0.4 is 10.6 Å². The molecule has 8 nitrogen and oxygen atoms in total. The summed E-state index contributed by atoms with van der Waals surface area (Å²) < 4.78 is 0. The molecule has 6 rings (SSSR count). The average molecular weight is 465 g/mol. The number of carbonyl (C=O) groups is 2. The number of piperidine rings is 1. The maximum absolute atomic E-state index is 14.1. The second kappa shape index (κ2) is 8.16. The van der Waals surface area contributed by atoms with Gasteiger partial charge in [0.2, 0.25) is 5.91 Å². The highest BCUT2D eigenvalue weighted by Gasteiger charge is 2.52. The predicted octanol–water partition coefficient (Wildman–Crippen LogP) is 3.65. The third-order valence-electron chi connectivity index (χ3n) is 7.33. The molecule has 1 saturated heterocycles. The van der Waals surface area contributed by atoms with Crippen molar-refractivity contribution in [2.24, 2.45) is 5.73 Å². The zero-order valence-electron chi connectivity index (χ0n) is 19.1. The molecule has 2 aliphatic rings. The van der Waals surface area contributed by atoms with Crippen LogP contribution >= 0.6 is 0 Å². The first-order valence-corrected chi connectivity index (χ1v) is 11.7. The Balaban J connectivity index is 1.44. The number of nitrogens with zero attached hydrogens (tertiary/aromatic N) is 5. The van der Waals surface area contributed by atoms with Crippen molar-refractivity contribution in [3.63, 3.8) is 0 Å². The number of hydrogen-bond donors (Lipinski definition) is 1. The molecule has 8 heteroatoms. The van der Waals surface area contributed by atoms with E-state index >= 15 is 0 Å². The van der Waals surface area contributed by atoms with Crippen LogP contribution in [0, 0.1) is 0 Å². The lowest BCUT2D eigenvalue weighted by Gasteiger charge is -2.37. The van der Waals surface area contributed by atoms with Gasteiger partial charge in [-0.05, 0) is 35.9 Å². The number of carbonyl (C=O) groups excluding carboxylic acids is 2. The maximum Gasteiger partial charge on any atom is 0.314 e. The van der Waals surface area contributed by atoms with Crippen LogP contribution in [0.4, 0.5) is 10.5 Å². The molecule has 2 N–H and O–H groups in total. The smallest absolute Gasteiger partial charge is 0.314 e. The number of fused-ring (bicyclic) bond motifs is 3. The molecule has 1 aromatic carbocycles. The minimum absolute atomic E-state index is 0.0247. The van der Waals surface area contributed by atoms with Gasteiger partial charge in [0.1, 0.15) is 0 Å². The Labute approximate surface area is 202 Å². The van der Waals surface area contributed by atoms with Crippen molar-refractivity contribution in [1.29, 1.82) is 0 Å². The predicted molar refractivity (Wildman–Crippen MR) is 132 cm³/mol. The molecule has 174 valence electrons. The monoisotopic (exact) mass is 464 g/mol. The van der Waals surface area contributed by atoms with E-state index in [9.17, 15) is 9.59 Å². The van der Waals surface area contributed by atoms with E-state index < -0.39 is 11.4 Å². The summed E-state index contributed by atoms with van der Waals surface area (Å²) in [6.07, 6.45) is 9.98. The fraction of sp³-hybridized carbons (Fsp3) is 0.222. The minimum atomic E-state index is -0.685. The molecule has 0 atom stereocenters. The van der Waals surface area contributed by atoms with Gasteiger partial charge in [-0.2, -0.15) is 0 Å². The van der Waals surface area contributed by atoms with Crippen molar-refractivity contribution in [1.82, 2.24) is 19.9 Å². The van der Waals surface area contributed by atoms with Crippen LogP contribution in [-0.2, 0) is 16.8 Å². The molecule has 2 aliphatic heterocycles. The number of urea groups is 1. The van der Waals surface area contributed by atoms with E-state index in [0.717, 1.165) is 38.8 Å². The summed E-state index contributed by atoms with van der Waals surface area (Å²) in [5, 5.41) is 2.09. The quantitative estimate of drug-likeness (QED) is 0.498. The van der Waals surface area contributed by atoms with Gasteiger partial charge in [0, 0.05) is 54.4 Å². The summed E-state index contributed by atoms with van der Waals surface area (Å²) in [5.74, 6) is 0.0247. The van der Waals surface area contributed by atoms with Gasteiger partial charge in [-0.3, -0.25) is 19.7 Å². The fourth-order valence-corrected chi connectivity index (χ4v) is 5.54. The lowest BCUT2D eigenvalue weighted by molar-refractivity contribution is -0.124. The molecule has 35 heavy (non-hydrogen) atoms. The van der Waals surface area contributed by atoms with Gasteiger partial charge < -0.3 is 15.5 Å². The Morgan fingerprint density at radius 2 is 1.77 bits per heavy atom. The van der Waals surface area contributed by atoms with Crippen LogP contribution in [0.25, 0.3) is 21.9 Å². The number of anilines is 1. The second-order valence-corrected chi connectivity index (χ2v) is 9.10. The number of amides is 3. The van der Waals surface area contributed by atoms with E-state index in [4.69, 9.17) is 10.7 Å². The van der Waals surface area contributed by atoms with Crippen LogP contribution in [0.15, 0.2) is 73.4 Å². The number of hydrogen-bond acceptors (Lipinski definition) is 5. The molecule has 5 heterocycles. The summed E-state index contributed by atoms with van der Waals surface area (Å²) in [6, 6.07) is 13.5. The Morgan fingerprint density at radius 3 is 2.54 bits per heavy atom. The lowest BCUT2D eigenvalue weighted by atomic mass is 9.74. The topological polar surface area (TPSA) is 105 Å². The molecule has 0 aliphatic carbocycles. The highest BCUT2D eigenvalue weighted by Crippen LogP contribution is 2.48. The number of likely N-dealkylation sites (tertiary alicyclic amines) is 1. The van der Waals surface area contributed by atoms with Gasteiger partial charge in [-0.15, -0.1) is 0 Å². The first kappa shape index (κ1) is 21.2. The summed E-state index contributed by atoms with van der Waals surface area (Å²) in [4.78, 5) is 42.6. The van der Waals surface area contributed by atoms with Gasteiger partial charge in [0.15, 0.2) is 0 Å². The van der Waals surface area contributed by atoms with E-state index in [-0.39, 0.29) is 5.91 Å². The van der Waals surface area contributed by atoms with Crippen LogP contribution in [0.2, 0.25) is 0 Å². The zero-order chi connectivity index (χ0) is 24.0. The summed E-state index contributed by atoms with van der Waals surface area (Å²) >= 11 is 0. The first-order chi connectivity index (χ1) is 17.1. The van der Waals surface area contributed by atoms with Crippen LogP contribution in [0.5, 0.6) is 0 Å². The molecule has 3 amide bonds. The Bertz CT molecular complexity index is 1450. The molecular weight excluding hydrogens is 440 g/mol. The average Bonchev–Trinajstić information content (AvgIpc) is 3.12. The van der Waals surface area contributed by atoms with Crippen LogP contribution in [0.1, 0.15) is 24.1 Å². The van der Waals surface area contributed by atoms with E-state index in [0.29, 0.717) is 32.5 Å². The molecule has 0 radical (unpaired) electrons. The van der Waals surface area contributed by atoms with E-state index in [2.05, 4.69) is 16.0 Å². The molecule has 4 aromatic rings. The highest BCUT2D eigenvalue weighted by molar-refractivity contribution is 6.08. The van der Waals surface area contributed by atoms with Gasteiger partial charge >= 0.3 is 6.03 Å². The number of pyridine rings is 3. The van der Waals surface area contributed by atoms with Gasteiger partial charge in [-0.25, -0.2) is 4.79 Å². The van der Waals surface area contributed by atoms with Gasteiger partial charge in [0.05, 0.1) is 29.5 Å².